The van der Waals surface area contributed by atoms with E-state index in [1.807, 2.05) is 6.07 Å². The third-order valence-electron chi connectivity index (χ3n) is 1.59. The van der Waals surface area contributed by atoms with E-state index in [4.69, 9.17) is 5.73 Å². The number of nitrogens with two attached hydrogens (primary N) is 1. The lowest BCUT2D eigenvalue weighted by atomic mass is 10.2. The Morgan fingerprint density at radius 2 is 2.08 bits per heavy atom. The Morgan fingerprint density at radius 1 is 1.33 bits per heavy atom. The summed E-state index contributed by atoms with van der Waals surface area (Å²) in [4.78, 5) is 0. The van der Waals surface area contributed by atoms with Gasteiger partial charge in [-0.2, -0.15) is 0 Å². The molecule has 0 aromatic heterocycles. The third kappa shape index (κ3) is 3.08. The molecule has 0 saturated carbocycles. The van der Waals surface area contributed by atoms with Crippen LogP contribution >= 0.6 is 22.6 Å². The smallest absolute Gasteiger partial charge is 0.0216 e. The molecule has 0 fully saturated rings. The molecule has 0 aliphatic heterocycles. The second-order valence-electron chi connectivity index (χ2n) is 2.56. The molecule has 3 N–H and O–H groups in total. The first-order chi connectivity index (χ1) is 5.84. The van der Waals surface area contributed by atoms with Crippen molar-refractivity contribution in [3.05, 3.63) is 33.4 Å². The zero-order valence-corrected chi connectivity index (χ0v) is 9.04. The maximum absolute atomic E-state index is 5.37. The Balaban J connectivity index is 2.46. The maximum atomic E-state index is 5.37. The summed E-state index contributed by atoms with van der Waals surface area (Å²) in [5.74, 6) is 0. The van der Waals surface area contributed by atoms with Gasteiger partial charge < -0.3 is 11.1 Å². The highest BCUT2D eigenvalue weighted by Crippen LogP contribution is 2.10. The predicted molar refractivity (Wildman–Crippen MR) is 59.9 cm³/mol. The molecule has 66 valence electrons. The van der Waals surface area contributed by atoms with E-state index in [9.17, 15) is 0 Å². The maximum Gasteiger partial charge on any atom is 0.0216 e. The van der Waals surface area contributed by atoms with Crippen molar-refractivity contribution in [2.24, 2.45) is 5.73 Å². The monoisotopic (exact) mass is 276 g/mol. The molecule has 0 atom stereocenters. The molecule has 0 saturated heterocycles. The van der Waals surface area contributed by atoms with Gasteiger partial charge in [0.25, 0.3) is 0 Å². The Hall–Kier alpha value is -0.130. The highest BCUT2D eigenvalue weighted by atomic mass is 127. The van der Waals surface area contributed by atoms with Gasteiger partial charge in [-0.25, -0.2) is 0 Å². The lowest BCUT2D eigenvalue weighted by Crippen LogP contribution is -2.22. The van der Waals surface area contributed by atoms with E-state index in [0.717, 1.165) is 13.1 Å². The number of nitrogens with one attached hydrogen (secondary N) is 1. The van der Waals surface area contributed by atoms with Crippen LogP contribution in [0, 0.1) is 3.57 Å². The Kier molecular flexibility index (Phi) is 4.57. The summed E-state index contributed by atoms with van der Waals surface area (Å²) in [6.07, 6.45) is 0. The van der Waals surface area contributed by atoms with E-state index >= 15 is 0 Å². The van der Waals surface area contributed by atoms with Crippen LogP contribution in [0.5, 0.6) is 0 Å². The fourth-order valence-corrected chi connectivity index (χ4v) is 1.54. The highest BCUT2D eigenvalue weighted by molar-refractivity contribution is 14.1. The second-order valence-corrected chi connectivity index (χ2v) is 3.72. The molecule has 12 heavy (non-hydrogen) atoms. The SMILES string of the molecule is NCCNCc1ccccc1I. The Bertz CT molecular complexity index is 238. The van der Waals surface area contributed by atoms with Crippen LogP contribution in [0.25, 0.3) is 0 Å². The van der Waals surface area contributed by atoms with Gasteiger partial charge in [0.05, 0.1) is 0 Å². The zero-order valence-electron chi connectivity index (χ0n) is 6.89. The first-order valence-electron chi connectivity index (χ1n) is 3.99. The summed E-state index contributed by atoms with van der Waals surface area (Å²) in [6, 6.07) is 8.35. The number of rotatable bonds is 4. The van der Waals surface area contributed by atoms with Gasteiger partial charge in [0, 0.05) is 23.2 Å². The normalized spacial score (nSPS) is 10.2. The molecule has 1 aromatic carbocycles. The van der Waals surface area contributed by atoms with Crippen LogP contribution < -0.4 is 11.1 Å². The molecule has 0 heterocycles. The van der Waals surface area contributed by atoms with Crippen molar-refractivity contribution in [1.29, 1.82) is 0 Å². The van der Waals surface area contributed by atoms with E-state index < -0.39 is 0 Å². The third-order valence-corrected chi connectivity index (χ3v) is 2.65. The minimum atomic E-state index is 0.698. The van der Waals surface area contributed by atoms with E-state index in [1.165, 1.54) is 9.13 Å². The zero-order chi connectivity index (χ0) is 8.81. The summed E-state index contributed by atoms with van der Waals surface area (Å²) < 4.78 is 1.31. The number of hydrogen-bond acceptors (Lipinski definition) is 2. The number of hydrogen-bond donors (Lipinski definition) is 2. The topological polar surface area (TPSA) is 38.0 Å². The van der Waals surface area contributed by atoms with Crippen LogP contribution in [0.2, 0.25) is 0 Å². The summed E-state index contributed by atoms with van der Waals surface area (Å²) in [5.41, 5.74) is 6.71. The fourth-order valence-electron chi connectivity index (χ4n) is 0.967. The summed E-state index contributed by atoms with van der Waals surface area (Å²) in [7, 11) is 0. The van der Waals surface area contributed by atoms with Crippen LogP contribution in [0.3, 0.4) is 0 Å². The molecule has 0 aliphatic carbocycles. The molecule has 0 bridgehead atoms. The minimum absolute atomic E-state index is 0.698. The fraction of sp³-hybridized carbons (Fsp3) is 0.333. The van der Waals surface area contributed by atoms with Gasteiger partial charge in [-0.1, -0.05) is 18.2 Å². The molecule has 1 aromatic rings. The lowest BCUT2D eigenvalue weighted by molar-refractivity contribution is 0.693. The van der Waals surface area contributed by atoms with Gasteiger partial charge in [0.1, 0.15) is 0 Å². The quantitative estimate of drug-likeness (QED) is 0.643. The molecule has 1 rings (SSSR count). The first-order valence-corrected chi connectivity index (χ1v) is 5.06. The molecular weight excluding hydrogens is 263 g/mol. The average molecular weight is 276 g/mol. The van der Waals surface area contributed by atoms with Gasteiger partial charge in [-0.15, -0.1) is 0 Å². The largest absolute Gasteiger partial charge is 0.329 e. The van der Waals surface area contributed by atoms with Crippen LogP contribution in [-0.2, 0) is 6.54 Å². The average Bonchev–Trinajstić information content (AvgIpc) is 2.09. The van der Waals surface area contributed by atoms with Crippen LogP contribution in [-0.4, -0.2) is 13.1 Å². The minimum Gasteiger partial charge on any atom is -0.329 e. The summed E-state index contributed by atoms with van der Waals surface area (Å²) >= 11 is 2.34. The Labute approximate surface area is 86.7 Å². The van der Waals surface area contributed by atoms with E-state index in [-0.39, 0.29) is 0 Å². The summed E-state index contributed by atoms with van der Waals surface area (Å²) in [5, 5.41) is 3.26. The van der Waals surface area contributed by atoms with Gasteiger partial charge in [-0.05, 0) is 34.2 Å². The number of benzene rings is 1. The molecular formula is C9H13IN2. The van der Waals surface area contributed by atoms with Gasteiger partial charge in [0.15, 0.2) is 0 Å². The van der Waals surface area contributed by atoms with Crippen molar-refractivity contribution in [2.75, 3.05) is 13.1 Å². The summed E-state index contributed by atoms with van der Waals surface area (Å²) in [6.45, 7) is 2.49. The van der Waals surface area contributed by atoms with Crippen molar-refractivity contribution in [3.8, 4) is 0 Å². The molecule has 0 aliphatic rings. The van der Waals surface area contributed by atoms with Crippen LogP contribution in [0.4, 0.5) is 0 Å². The van der Waals surface area contributed by atoms with Crippen molar-refractivity contribution in [3.63, 3.8) is 0 Å². The molecule has 0 radical (unpaired) electrons. The van der Waals surface area contributed by atoms with Crippen molar-refractivity contribution >= 4 is 22.6 Å². The van der Waals surface area contributed by atoms with Crippen molar-refractivity contribution in [1.82, 2.24) is 5.32 Å². The Morgan fingerprint density at radius 3 is 2.75 bits per heavy atom. The molecule has 0 unspecified atom stereocenters. The van der Waals surface area contributed by atoms with E-state index in [0.29, 0.717) is 6.54 Å². The molecule has 0 spiro atoms. The lowest BCUT2D eigenvalue weighted by Gasteiger charge is -2.04. The van der Waals surface area contributed by atoms with Crippen LogP contribution in [0.1, 0.15) is 5.56 Å². The van der Waals surface area contributed by atoms with Crippen molar-refractivity contribution < 1.29 is 0 Å². The first kappa shape index (κ1) is 9.95. The van der Waals surface area contributed by atoms with Crippen LogP contribution in [0.15, 0.2) is 24.3 Å². The van der Waals surface area contributed by atoms with E-state index in [2.05, 4.69) is 46.1 Å². The molecule has 3 heteroatoms. The predicted octanol–water partition coefficient (Wildman–Crippen LogP) is 1.34. The molecule has 2 nitrogen and oxygen atoms in total. The number of halogens is 1. The van der Waals surface area contributed by atoms with E-state index in [1.54, 1.807) is 0 Å². The standard InChI is InChI=1S/C9H13IN2/c10-9-4-2-1-3-8(9)7-12-6-5-11/h1-4,12H,5-7,11H2. The van der Waals surface area contributed by atoms with Gasteiger partial charge in [0.2, 0.25) is 0 Å². The second kappa shape index (κ2) is 5.50. The highest BCUT2D eigenvalue weighted by Gasteiger charge is 1.95. The molecule has 0 amide bonds. The van der Waals surface area contributed by atoms with Gasteiger partial charge >= 0.3 is 0 Å². The van der Waals surface area contributed by atoms with Gasteiger partial charge in [-0.3, -0.25) is 0 Å². The van der Waals surface area contributed by atoms with Crippen molar-refractivity contribution in [2.45, 2.75) is 6.54 Å².